The Hall–Kier alpha value is -2.13. The Morgan fingerprint density at radius 1 is 1.19 bits per heavy atom. The minimum atomic E-state index is -0.550. The summed E-state index contributed by atoms with van der Waals surface area (Å²) in [5, 5.41) is 17.9. The Labute approximate surface area is 189 Å². The molecule has 1 aromatic carbocycles. The van der Waals surface area contributed by atoms with Crippen LogP contribution in [-0.4, -0.2) is 42.9 Å². The monoisotopic (exact) mass is 460 g/mol. The van der Waals surface area contributed by atoms with Crippen LogP contribution in [0.3, 0.4) is 0 Å². The predicted molar refractivity (Wildman–Crippen MR) is 117 cm³/mol. The zero-order valence-corrected chi connectivity index (χ0v) is 18.8. The fourth-order valence-corrected chi connectivity index (χ4v) is 6.98. The number of nitrogens with one attached hydrogen (secondary N) is 2. The standard InChI is InChI=1S/C21H25ClN6O2S/c1-12(31-20-25-26-27-28(20)17-4-2-3-16(22)8-17)18(29)23-19(30)24-21-9-13-5-14(10-21)7-15(6-13)11-21/h2-4,8,12-15H,5-7,9-11H2,1H3,(H2,23,24,29,30). The zero-order chi connectivity index (χ0) is 21.6. The first-order valence-electron chi connectivity index (χ1n) is 10.7. The van der Waals surface area contributed by atoms with Crippen molar-refractivity contribution < 1.29 is 9.59 Å². The Balaban J connectivity index is 1.20. The molecule has 1 aromatic heterocycles. The molecule has 3 amide bonds. The van der Waals surface area contributed by atoms with Crippen LogP contribution in [0.15, 0.2) is 29.4 Å². The molecule has 1 heterocycles. The van der Waals surface area contributed by atoms with Crippen molar-refractivity contribution in [1.29, 1.82) is 0 Å². The fourth-order valence-electron chi connectivity index (χ4n) is 5.98. The van der Waals surface area contributed by atoms with Crippen molar-refractivity contribution in [3.05, 3.63) is 29.3 Å². The van der Waals surface area contributed by atoms with Gasteiger partial charge in [0.15, 0.2) is 0 Å². The van der Waals surface area contributed by atoms with Gasteiger partial charge in [0.1, 0.15) is 0 Å². The second kappa shape index (κ2) is 8.09. The Morgan fingerprint density at radius 2 is 1.87 bits per heavy atom. The summed E-state index contributed by atoms with van der Waals surface area (Å²) in [5.74, 6) is 1.80. The second-order valence-corrected chi connectivity index (χ2v) is 11.0. The quantitative estimate of drug-likeness (QED) is 0.661. The number of tetrazole rings is 1. The van der Waals surface area contributed by atoms with Crippen molar-refractivity contribution >= 4 is 35.3 Å². The largest absolute Gasteiger partial charge is 0.332 e. The van der Waals surface area contributed by atoms with E-state index in [9.17, 15) is 9.59 Å². The summed E-state index contributed by atoms with van der Waals surface area (Å²) in [4.78, 5) is 25.3. The molecule has 164 valence electrons. The smallest absolute Gasteiger partial charge is 0.321 e. The van der Waals surface area contributed by atoms with E-state index in [1.165, 1.54) is 35.7 Å². The summed E-state index contributed by atoms with van der Waals surface area (Å²) in [5.41, 5.74) is 0.568. The molecule has 8 nitrogen and oxygen atoms in total. The molecule has 0 saturated heterocycles. The third-order valence-electron chi connectivity index (χ3n) is 6.80. The van der Waals surface area contributed by atoms with Crippen molar-refractivity contribution in [2.75, 3.05) is 0 Å². The Morgan fingerprint density at radius 3 is 2.52 bits per heavy atom. The number of carbonyl (C=O) groups excluding carboxylic acids is 2. The number of thioether (sulfide) groups is 1. The molecule has 0 spiro atoms. The molecule has 4 aliphatic carbocycles. The number of hydrogen-bond acceptors (Lipinski definition) is 6. The fraction of sp³-hybridized carbons (Fsp3) is 0.571. The van der Waals surface area contributed by atoms with Gasteiger partial charge in [0, 0.05) is 10.6 Å². The van der Waals surface area contributed by atoms with Crippen LogP contribution in [-0.2, 0) is 4.79 Å². The van der Waals surface area contributed by atoms with E-state index >= 15 is 0 Å². The predicted octanol–water partition coefficient (Wildman–Crippen LogP) is 3.59. The molecule has 2 N–H and O–H groups in total. The first kappa shape index (κ1) is 20.8. The lowest BCUT2D eigenvalue weighted by molar-refractivity contribution is -0.119. The highest BCUT2D eigenvalue weighted by Gasteiger charge is 2.51. The Kier molecular flexibility index (Phi) is 5.42. The summed E-state index contributed by atoms with van der Waals surface area (Å²) in [6, 6.07) is 6.75. The summed E-state index contributed by atoms with van der Waals surface area (Å²) in [7, 11) is 0. The molecule has 0 radical (unpaired) electrons. The van der Waals surface area contributed by atoms with Crippen LogP contribution in [0, 0.1) is 17.8 Å². The van der Waals surface area contributed by atoms with Gasteiger partial charge in [0.25, 0.3) is 0 Å². The number of urea groups is 1. The van der Waals surface area contributed by atoms with Crippen LogP contribution in [0.5, 0.6) is 0 Å². The lowest BCUT2D eigenvalue weighted by atomic mass is 9.53. The van der Waals surface area contributed by atoms with E-state index in [-0.39, 0.29) is 11.4 Å². The van der Waals surface area contributed by atoms with Gasteiger partial charge < -0.3 is 5.32 Å². The van der Waals surface area contributed by atoms with E-state index in [2.05, 4.69) is 26.2 Å². The zero-order valence-electron chi connectivity index (χ0n) is 17.3. The molecule has 4 bridgehead atoms. The molecular weight excluding hydrogens is 436 g/mol. The van der Waals surface area contributed by atoms with Crippen molar-refractivity contribution in [1.82, 2.24) is 30.8 Å². The average molecular weight is 461 g/mol. The van der Waals surface area contributed by atoms with Gasteiger partial charge in [0.2, 0.25) is 11.1 Å². The highest BCUT2D eigenvalue weighted by molar-refractivity contribution is 8.00. The van der Waals surface area contributed by atoms with Gasteiger partial charge in [-0.05, 0) is 91.8 Å². The molecule has 31 heavy (non-hydrogen) atoms. The lowest BCUT2D eigenvalue weighted by Gasteiger charge is -2.56. The van der Waals surface area contributed by atoms with Gasteiger partial charge in [-0.2, -0.15) is 4.68 Å². The van der Waals surface area contributed by atoms with Crippen molar-refractivity contribution in [3.8, 4) is 5.69 Å². The highest BCUT2D eigenvalue weighted by atomic mass is 35.5. The van der Waals surface area contributed by atoms with Gasteiger partial charge in [-0.3, -0.25) is 10.1 Å². The summed E-state index contributed by atoms with van der Waals surface area (Å²) >= 11 is 7.25. The van der Waals surface area contributed by atoms with Crippen LogP contribution in [0.25, 0.3) is 5.69 Å². The third-order valence-corrected chi connectivity index (χ3v) is 8.07. The van der Waals surface area contributed by atoms with Crippen molar-refractivity contribution in [3.63, 3.8) is 0 Å². The topological polar surface area (TPSA) is 102 Å². The summed E-state index contributed by atoms with van der Waals surface area (Å²) in [6.45, 7) is 1.73. The van der Waals surface area contributed by atoms with Crippen LogP contribution in [0.2, 0.25) is 5.02 Å². The molecule has 1 unspecified atom stereocenters. The van der Waals surface area contributed by atoms with E-state index in [1.54, 1.807) is 25.1 Å². The highest BCUT2D eigenvalue weighted by Crippen LogP contribution is 2.55. The Bertz CT molecular complexity index is 976. The van der Waals surface area contributed by atoms with Gasteiger partial charge in [-0.25, -0.2) is 4.79 Å². The van der Waals surface area contributed by atoms with Gasteiger partial charge in [-0.1, -0.05) is 29.4 Å². The normalized spacial score (nSPS) is 29.5. The molecule has 4 aliphatic rings. The number of carbonyl (C=O) groups is 2. The van der Waals surface area contributed by atoms with Crippen LogP contribution in [0.4, 0.5) is 4.79 Å². The minimum absolute atomic E-state index is 0.133. The third kappa shape index (κ3) is 4.30. The number of aromatic nitrogens is 4. The van der Waals surface area contributed by atoms with E-state index in [0.29, 0.717) is 15.9 Å². The lowest BCUT2D eigenvalue weighted by Crippen LogP contribution is -2.62. The molecule has 10 heteroatoms. The van der Waals surface area contributed by atoms with Crippen molar-refractivity contribution in [2.45, 2.75) is 61.4 Å². The number of amides is 3. The van der Waals surface area contributed by atoms with E-state index < -0.39 is 11.3 Å². The first-order chi connectivity index (χ1) is 14.9. The number of nitrogens with zero attached hydrogens (tertiary/aromatic N) is 4. The molecule has 4 fully saturated rings. The molecule has 1 atom stereocenters. The van der Waals surface area contributed by atoms with Gasteiger partial charge in [-0.15, -0.1) is 5.10 Å². The SMILES string of the molecule is CC(Sc1nnnn1-c1cccc(Cl)c1)C(=O)NC(=O)NC12CC3CC(CC(C3)C1)C2. The van der Waals surface area contributed by atoms with Crippen LogP contribution < -0.4 is 10.6 Å². The molecule has 4 saturated carbocycles. The van der Waals surface area contributed by atoms with E-state index in [4.69, 9.17) is 11.6 Å². The first-order valence-corrected chi connectivity index (χ1v) is 12.0. The number of rotatable bonds is 5. The maximum Gasteiger partial charge on any atom is 0.321 e. The molecule has 6 rings (SSSR count). The number of imide groups is 1. The summed E-state index contributed by atoms with van der Waals surface area (Å²) in [6.07, 6.45) is 7.03. The average Bonchev–Trinajstić information content (AvgIpc) is 3.14. The maximum atomic E-state index is 12.7. The van der Waals surface area contributed by atoms with Gasteiger partial charge >= 0.3 is 6.03 Å². The van der Waals surface area contributed by atoms with E-state index in [0.717, 1.165) is 37.0 Å². The number of hydrogen-bond donors (Lipinski definition) is 2. The van der Waals surface area contributed by atoms with Gasteiger partial charge in [0.05, 0.1) is 10.9 Å². The van der Waals surface area contributed by atoms with Crippen molar-refractivity contribution in [2.24, 2.45) is 17.8 Å². The molecule has 0 aliphatic heterocycles. The van der Waals surface area contributed by atoms with Crippen LogP contribution in [0.1, 0.15) is 45.4 Å². The number of halogens is 1. The molecular formula is C21H25ClN6O2S. The maximum absolute atomic E-state index is 12.7. The van der Waals surface area contributed by atoms with Crippen LogP contribution >= 0.6 is 23.4 Å². The number of benzene rings is 1. The minimum Gasteiger partial charge on any atom is -0.332 e. The molecule has 2 aromatic rings. The second-order valence-electron chi connectivity index (χ2n) is 9.25. The van der Waals surface area contributed by atoms with E-state index in [1.807, 2.05) is 6.07 Å². The summed E-state index contributed by atoms with van der Waals surface area (Å²) < 4.78 is 1.52.